The lowest BCUT2D eigenvalue weighted by Crippen LogP contribution is -2.55. The minimum absolute atomic E-state index is 0.00390. The van der Waals surface area contributed by atoms with Crippen molar-refractivity contribution in [2.45, 2.75) is 89.6 Å². The van der Waals surface area contributed by atoms with Crippen LogP contribution >= 0.6 is 0 Å². The summed E-state index contributed by atoms with van der Waals surface area (Å²) in [6, 6.07) is 17.1. The third kappa shape index (κ3) is 7.68. The van der Waals surface area contributed by atoms with E-state index in [1.165, 1.54) is 31.2 Å². The summed E-state index contributed by atoms with van der Waals surface area (Å²) in [4.78, 5) is 41.1. The van der Waals surface area contributed by atoms with Gasteiger partial charge < -0.3 is 15.5 Å². The van der Waals surface area contributed by atoms with Gasteiger partial charge in [0.1, 0.15) is 0 Å². The van der Waals surface area contributed by atoms with Crippen molar-refractivity contribution < 1.29 is 14.4 Å². The Kier molecular flexibility index (Phi) is 10.4. The predicted octanol–water partition coefficient (Wildman–Crippen LogP) is 5.52. The highest BCUT2D eigenvalue weighted by atomic mass is 16.2. The molecule has 204 valence electrons. The van der Waals surface area contributed by atoms with Crippen molar-refractivity contribution in [3.05, 3.63) is 71.3 Å². The fourth-order valence-electron chi connectivity index (χ4n) is 5.75. The summed E-state index contributed by atoms with van der Waals surface area (Å²) in [6.45, 7) is 3.34. The van der Waals surface area contributed by atoms with Crippen LogP contribution in [0.2, 0.25) is 0 Å². The summed E-state index contributed by atoms with van der Waals surface area (Å²) in [6.07, 6.45) is 11.4. The van der Waals surface area contributed by atoms with E-state index in [0.29, 0.717) is 24.2 Å². The van der Waals surface area contributed by atoms with Crippen molar-refractivity contribution in [3.63, 3.8) is 0 Å². The molecule has 1 saturated heterocycles. The lowest BCUT2D eigenvalue weighted by Gasteiger charge is -2.36. The summed E-state index contributed by atoms with van der Waals surface area (Å²) in [5, 5.41) is 6.39. The van der Waals surface area contributed by atoms with Crippen LogP contribution in [0.5, 0.6) is 0 Å². The second-order valence-electron chi connectivity index (χ2n) is 10.9. The number of carbonyl (C=O) groups is 3. The van der Waals surface area contributed by atoms with Gasteiger partial charge in [-0.25, -0.2) is 0 Å². The zero-order chi connectivity index (χ0) is 26.7. The fourth-order valence-corrected chi connectivity index (χ4v) is 5.75. The van der Waals surface area contributed by atoms with E-state index in [4.69, 9.17) is 0 Å². The standard InChI is InChI=1S/C32H43N3O3/c1-2-3-4-6-12-24-18-20-26(21-19-24)32(38)35-22-11-15-27(23-35)31(37)34-29-17-10-9-16-28(29)33-30(36)25-13-7-5-8-14-25/h5,7-8,13-14,18-21,27-29H,2-4,6,9-12,15-17,22-23H2,1H3,(H,33,36)(H,34,37)/t27?,28-,29?/m1/s1. The van der Waals surface area contributed by atoms with E-state index in [1.807, 2.05) is 35.2 Å². The number of amides is 3. The molecule has 2 aromatic rings. The molecule has 3 atom stereocenters. The molecule has 1 aliphatic heterocycles. The number of likely N-dealkylation sites (tertiary alicyclic amines) is 1. The molecular weight excluding hydrogens is 474 g/mol. The molecular formula is C32H43N3O3. The number of carbonyl (C=O) groups excluding carboxylic acids is 3. The molecule has 2 unspecified atom stereocenters. The van der Waals surface area contributed by atoms with Gasteiger partial charge in [0.15, 0.2) is 0 Å². The molecule has 38 heavy (non-hydrogen) atoms. The average molecular weight is 518 g/mol. The topological polar surface area (TPSA) is 78.5 Å². The number of nitrogens with one attached hydrogen (secondary N) is 2. The highest BCUT2D eigenvalue weighted by Gasteiger charge is 2.33. The minimum Gasteiger partial charge on any atom is -0.351 e. The smallest absolute Gasteiger partial charge is 0.253 e. The summed E-state index contributed by atoms with van der Waals surface area (Å²) in [5.74, 6) is -0.322. The molecule has 0 bridgehead atoms. The minimum atomic E-state index is -0.224. The number of piperidine rings is 1. The Balaban J connectivity index is 1.30. The second-order valence-corrected chi connectivity index (χ2v) is 10.9. The maximum Gasteiger partial charge on any atom is 0.253 e. The monoisotopic (exact) mass is 517 g/mol. The highest BCUT2D eigenvalue weighted by molar-refractivity contribution is 5.95. The Labute approximate surface area is 227 Å². The lowest BCUT2D eigenvalue weighted by molar-refractivity contribution is -0.127. The van der Waals surface area contributed by atoms with Crippen LogP contribution < -0.4 is 10.6 Å². The van der Waals surface area contributed by atoms with Crippen LogP contribution in [0.1, 0.15) is 97.4 Å². The molecule has 0 radical (unpaired) electrons. The summed E-state index contributed by atoms with van der Waals surface area (Å²) in [5.41, 5.74) is 2.60. The van der Waals surface area contributed by atoms with E-state index >= 15 is 0 Å². The molecule has 6 nitrogen and oxygen atoms in total. The molecule has 2 aromatic carbocycles. The molecule has 4 rings (SSSR count). The average Bonchev–Trinajstić information content (AvgIpc) is 2.97. The highest BCUT2D eigenvalue weighted by Crippen LogP contribution is 2.23. The molecule has 1 aliphatic carbocycles. The fraction of sp³-hybridized carbons (Fsp3) is 0.531. The van der Waals surface area contributed by atoms with Crippen molar-refractivity contribution in [1.82, 2.24) is 15.5 Å². The van der Waals surface area contributed by atoms with E-state index in [1.54, 1.807) is 12.1 Å². The zero-order valence-electron chi connectivity index (χ0n) is 22.8. The van der Waals surface area contributed by atoms with E-state index in [0.717, 1.165) is 44.9 Å². The van der Waals surface area contributed by atoms with Crippen LogP contribution in [0, 0.1) is 5.92 Å². The Morgan fingerprint density at radius 1 is 0.789 bits per heavy atom. The van der Waals surface area contributed by atoms with Gasteiger partial charge in [-0.1, -0.05) is 69.4 Å². The van der Waals surface area contributed by atoms with E-state index in [9.17, 15) is 14.4 Å². The van der Waals surface area contributed by atoms with Crippen molar-refractivity contribution >= 4 is 17.7 Å². The van der Waals surface area contributed by atoms with Crippen molar-refractivity contribution in [1.29, 1.82) is 0 Å². The van der Waals surface area contributed by atoms with Crippen molar-refractivity contribution in [3.8, 4) is 0 Å². The van der Waals surface area contributed by atoms with Crippen LogP contribution in [0.25, 0.3) is 0 Å². The number of hydrogen-bond donors (Lipinski definition) is 2. The third-order valence-corrected chi connectivity index (χ3v) is 8.05. The Morgan fingerprint density at radius 2 is 1.50 bits per heavy atom. The van der Waals surface area contributed by atoms with Gasteiger partial charge in [0.25, 0.3) is 11.8 Å². The van der Waals surface area contributed by atoms with Crippen LogP contribution in [-0.2, 0) is 11.2 Å². The Bertz CT molecular complexity index is 1050. The van der Waals surface area contributed by atoms with Crippen molar-refractivity contribution in [2.75, 3.05) is 13.1 Å². The summed E-state index contributed by atoms with van der Waals surface area (Å²) < 4.78 is 0. The molecule has 1 heterocycles. The first-order valence-corrected chi connectivity index (χ1v) is 14.6. The van der Waals surface area contributed by atoms with Crippen molar-refractivity contribution in [2.24, 2.45) is 5.92 Å². The first-order valence-electron chi connectivity index (χ1n) is 14.6. The van der Waals surface area contributed by atoms with Crippen LogP contribution in [-0.4, -0.2) is 47.8 Å². The molecule has 0 spiro atoms. The van der Waals surface area contributed by atoms with E-state index in [-0.39, 0.29) is 35.7 Å². The van der Waals surface area contributed by atoms with E-state index < -0.39 is 0 Å². The van der Waals surface area contributed by atoms with Gasteiger partial charge in [-0.15, -0.1) is 0 Å². The number of unbranched alkanes of at least 4 members (excludes halogenated alkanes) is 3. The molecule has 2 aliphatic rings. The SMILES string of the molecule is CCCCCCc1ccc(C(=O)N2CCCC(C(=O)NC3CCCC[C@H]3NC(=O)c3ccccc3)C2)cc1. The number of hydrogen-bond acceptors (Lipinski definition) is 3. The second kappa shape index (κ2) is 14.1. The third-order valence-electron chi connectivity index (χ3n) is 8.05. The zero-order valence-corrected chi connectivity index (χ0v) is 22.8. The van der Waals surface area contributed by atoms with Crippen LogP contribution in [0.3, 0.4) is 0 Å². The number of benzene rings is 2. The molecule has 1 saturated carbocycles. The van der Waals surface area contributed by atoms with Gasteiger partial charge in [-0.05, 0) is 68.4 Å². The Hall–Kier alpha value is -3.15. The molecule has 2 fully saturated rings. The first kappa shape index (κ1) is 27.9. The normalized spacial score (nSPS) is 21.5. The number of aryl methyl sites for hydroxylation is 1. The van der Waals surface area contributed by atoms with Gasteiger partial charge in [0.05, 0.1) is 5.92 Å². The van der Waals surface area contributed by atoms with Gasteiger partial charge in [0, 0.05) is 36.3 Å². The molecule has 3 amide bonds. The summed E-state index contributed by atoms with van der Waals surface area (Å²) in [7, 11) is 0. The number of rotatable bonds is 10. The van der Waals surface area contributed by atoms with Crippen LogP contribution in [0.15, 0.2) is 54.6 Å². The maximum absolute atomic E-state index is 13.3. The maximum atomic E-state index is 13.3. The summed E-state index contributed by atoms with van der Waals surface area (Å²) >= 11 is 0. The number of nitrogens with zero attached hydrogens (tertiary/aromatic N) is 1. The van der Waals surface area contributed by atoms with Gasteiger partial charge in [-0.3, -0.25) is 14.4 Å². The van der Waals surface area contributed by atoms with E-state index in [2.05, 4.69) is 29.7 Å². The first-order chi connectivity index (χ1) is 18.5. The van der Waals surface area contributed by atoms with Gasteiger partial charge in [-0.2, -0.15) is 0 Å². The molecule has 0 aromatic heterocycles. The quantitative estimate of drug-likeness (QED) is 0.408. The largest absolute Gasteiger partial charge is 0.351 e. The Morgan fingerprint density at radius 3 is 2.21 bits per heavy atom. The van der Waals surface area contributed by atoms with Gasteiger partial charge in [0.2, 0.25) is 5.91 Å². The molecule has 2 N–H and O–H groups in total. The molecule has 6 heteroatoms. The van der Waals surface area contributed by atoms with Gasteiger partial charge >= 0.3 is 0 Å². The lowest BCUT2D eigenvalue weighted by atomic mass is 9.88. The van der Waals surface area contributed by atoms with Crippen LogP contribution in [0.4, 0.5) is 0 Å². The predicted molar refractivity (Wildman–Crippen MR) is 151 cm³/mol.